The Kier molecular flexibility index (Phi) is 5.53. The Morgan fingerprint density at radius 3 is 2.66 bits per heavy atom. The summed E-state index contributed by atoms with van der Waals surface area (Å²) in [4.78, 5) is 28.7. The summed E-state index contributed by atoms with van der Waals surface area (Å²) in [6.45, 7) is 1.24. The normalized spacial score (nSPS) is 20.1. The zero-order valence-electron chi connectivity index (χ0n) is 18.9. The highest BCUT2D eigenvalue weighted by Crippen LogP contribution is 2.44. The lowest BCUT2D eigenvalue weighted by atomic mass is 9.93. The number of carbonyl (C=O) groups excluding carboxylic acids is 1. The van der Waals surface area contributed by atoms with Crippen LogP contribution in [-0.2, 0) is 10.5 Å². The van der Waals surface area contributed by atoms with Crippen LogP contribution in [0.2, 0.25) is 0 Å². The van der Waals surface area contributed by atoms with E-state index in [1.807, 2.05) is 35.3 Å². The van der Waals surface area contributed by atoms with Gasteiger partial charge in [0.15, 0.2) is 11.4 Å². The summed E-state index contributed by atoms with van der Waals surface area (Å²) in [7, 11) is 0. The Hall–Kier alpha value is -3.30. The second-order valence-electron chi connectivity index (χ2n) is 8.96. The number of halogens is 1. The van der Waals surface area contributed by atoms with Crippen molar-refractivity contribution in [3.8, 4) is 5.75 Å². The van der Waals surface area contributed by atoms with Crippen LogP contribution in [-0.4, -0.2) is 46.5 Å². The van der Waals surface area contributed by atoms with Crippen molar-refractivity contribution < 1.29 is 19.0 Å². The van der Waals surface area contributed by atoms with Gasteiger partial charge in [0.1, 0.15) is 18.5 Å². The first-order valence-corrected chi connectivity index (χ1v) is 12.6. The molecule has 0 aliphatic carbocycles. The van der Waals surface area contributed by atoms with Crippen molar-refractivity contribution in [1.82, 2.24) is 9.58 Å². The molecule has 2 aromatic carbocycles. The van der Waals surface area contributed by atoms with Gasteiger partial charge in [-0.2, -0.15) is 0 Å². The van der Waals surface area contributed by atoms with E-state index in [1.165, 1.54) is 23.0 Å². The molecule has 1 aromatic heterocycles. The van der Waals surface area contributed by atoms with Gasteiger partial charge in [0.05, 0.1) is 0 Å². The molecular weight excluding hydrogens is 469 g/mol. The topological polar surface area (TPSA) is 75.0 Å². The molecule has 1 atom stereocenters. The fourth-order valence-corrected chi connectivity index (χ4v) is 6.40. The number of pyridine rings is 1. The van der Waals surface area contributed by atoms with E-state index >= 15 is 4.39 Å². The zero-order chi connectivity index (χ0) is 24.1. The molecule has 0 radical (unpaired) electrons. The van der Waals surface area contributed by atoms with E-state index < -0.39 is 23.1 Å². The van der Waals surface area contributed by atoms with Gasteiger partial charge in [0.25, 0.3) is 5.91 Å². The molecule has 7 nitrogen and oxygen atoms in total. The molecule has 0 saturated carbocycles. The predicted molar refractivity (Wildman–Crippen MR) is 130 cm³/mol. The van der Waals surface area contributed by atoms with Crippen molar-refractivity contribution in [2.45, 2.75) is 35.6 Å². The fourth-order valence-electron chi connectivity index (χ4n) is 5.31. The molecule has 0 unspecified atom stereocenters. The molecule has 3 aliphatic heterocycles. The Bertz CT molecular complexity index is 1370. The van der Waals surface area contributed by atoms with Crippen molar-refractivity contribution in [2.24, 2.45) is 0 Å². The van der Waals surface area contributed by atoms with Crippen LogP contribution in [0.15, 0.2) is 64.4 Å². The minimum Gasteiger partial charge on any atom is -0.502 e. The van der Waals surface area contributed by atoms with Crippen LogP contribution >= 0.6 is 11.8 Å². The molecule has 1 N–H and O–H groups in total. The van der Waals surface area contributed by atoms with Gasteiger partial charge in [0.2, 0.25) is 5.43 Å². The summed E-state index contributed by atoms with van der Waals surface area (Å²) in [5, 5.41) is 12.6. The molecule has 6 rings (SSSR count). The van der Waals surface area contributed by atoms with Crippen molar-refractivity contribution in [3.63, 3.8) is 0 Å². The monoisotopic (exact) mass is 493 g/mol. The molecule has 35 heavy (non-hydrogen) atoms. The smallest absolute Gasteiger partial charge is 0.278 e. The van der Waals surface area contributed by atoms with Crippen LogP contribution < -0.4 is 10.4 Å². The molecule has 0 bridgehead atoms. The first-order chi connectivity index (χ1) is 17.0. The standard InChI is InChI=1S/C26H24FN3O4S/c27-19-6-3-4-16-14-35-21-7-2-1-5-18(21)23(22(16)19)30-15-28(17-9-12-34-13-10-17)26(33)24-25(32)20(31)8-11-29(24)30/h1-8,11,17,23,32H,9-10,12-15H2/t23-/m1/s1. The lowest BCUT2D eigenvalue weighted by Crippen LogP contribution is -2.59. The molecule has 0 spiro atoms. The Labute approximate surface area is 205 Å². The van der Waals surface area contributed by atoms with Crippen LogP contribution in [0.4, 0.5) is 4.39 Å². The number of rotatable bonds is 2. The summed E-state index contributed by atoms with van der Waals surface area (Å²) in [5.41, 5.74) is 1.60. The third kappa shape index (κ3) is 3.61. The van der Waals surface area contributed by atoms with E-state index in [0.717, 1.165) is 16.0 Å². The number of fused-ring (bicyclic) bond motifs is 3. The number of nitrogens with zero attached hydrogens (tertiary/aromatic N) is 3. The first-order valence-electron chi connectivity index (χ1n) is 11.6. The Balaban J connectivity index is 1.59. The minimum absolute atomic E-state index is 0.0949. The highest BCUT2D eigenvalue weighted by atomic mass is 32.2. The predicted octanol–water partition coefficient (Wildman–Crippen LogP) is 3.62. The minimum atomic E-state index is -0.623. The molecule has 180 valence electrons. The average Bonchev–Trinajstić information content (AvgIpc) is 3.05. The van der Waals surface area contributed by atoms with Crippen molar-refractivity contribution >= 4 is 17.7 Å². The SMILES string of the molecule is O=C1c2c(O)c(=O)ccn2N([C@@H]2c3ccccc3SCc3cccc(F)c32)CN1C1CCOCC1. The number of aromatic nitrogens is 1. The van der Waals surface area contributed by atoms with Gasteiger partial charge < -0.3 is 14.7 Å². The van der Waals surface area contributed by atoms with E-state index in [9.17, 15) is 14.7 Å². The molecule has 3 aliphatic rings. The maximum Gasteiger partial charge on any atom is 0.278 e. The van der Waals surface area contributed by atoms with E-state index in [-0.39, 0.29) is 24.2 Å². The number of ether oxygens (including phenoxy) is 1. The highest BCUT2D eigenvalue weighted by molar-refractivity contribution is 7.98. The number of hydrogen-bond donors (Lipinski definition) is 1. The van der Waals surface area contributed by atoms with Crippen LogP contribution in [0.25, 0.3) is 0 Å². The summed E-state index contributed by atoms with van der Waals surface area (Å²) in [5.74, 6) is -0.719. The molecule has 1 amide bonds. The molecule has 9 heteroatoms. The second kappa shape index (κ2) is 8.73. The number of carbonyl (C=O) groups is 1. The summed E-state index contributed by atoms with van der Waals surface area (Å²) in [6.07, 6.45) is 2.80. The maximum absolute atomic E-state index is 15.6. The van der Waals surface area contributed by atoms with Gasteiger partial charge in [0, 0.05) is 47.7 Å². The van der Waals surface area contributed by atoms with Gasteiger partial charge in [-0.1, -0.05) is 30.3 Å². The number of hydrogen-bond acceptors (Lipinski definition) is 6. The van der Waals surface area contributed by atoms with Gasteiger partial charge >= 0.3 is 0 Å². The van der Waals surface area contributed by atoms with Crippen LogP contribution in [0.3, 0.4) is 0 Å². The lowest BCUT2D eigenvalue weighted by molar-refractivity contribution is 0.0218. The van der Waals surface area contributed by atoms with Gasteiger partial charge in [-0.25, -0.2) is 4.39 Å². The number of amides is 1. The van der Waals surface area contributed by atoms with E-state index in [1.54, 1.807) is 22.7 Å². The maximum atomic E-state index is 15.6. The summed E-state index contributed by atoms with van der Waals surface area (Å²) < 4.78 is 22.6. The molecule has 3 aromatic rings. The first kappa shape index (κ1) is 22.2. The molecular formula is C26H24FN3O4S. The van der Waals surface area contributed by atoms with Gasteiger partial charge in [-0.15, -0.1) is 11.8 Å². The summed E-state index contributed by atoms with van der Waals surface area (Å²) in [6, 6.07) is 13.5. The average molecular weight is 494 g/mol. The third-order valence-electron chi connectivity index (χ3n) is 7.03. The van der Waals surface area contributed by atoms with E-state index in [4.69, 9.17) is 4.74 Å². The van der Waals surface area contributed by atoms with Crippen LogP contribution in [0.5, 0.6) is 5.75 Å². The quantitative estimate of drug-likeness (QED) is 0.588. The molecule has 4 heterocycles. The highest BCUT2D eigenvalue weighted by Gasteiger charge is 2.41. The third-order valence-corrected chi connectivity index (χ3v) is 8.17. The van der Waals surface area contributed by atoms with Crippen molar-refractivity contribution in [3.05, 3.63) is 93.2 Å². The molecule has 1 saturated heterocycles. The number of thioether (sulfide) groups is 1. The lowest BCUT2D eigenvalue weighted by Gasteiger charge is -2.47. The van der Waals surface area contributed by atoms with Crippen molar-refractivity contribution in [1.29, 1.82) is 0 Å². The Morgan fingerprint density at radius 2 is 1.83 bits per heavy atom. The van der Waals surface area contributed by atoms with Crippen LogP contribution in [0.1, 0.15) is 46.1 Å². The van der Waals surface area contributed by atoms with Crippen LogP contribution in [0, 0.1) is 5.82 Å². The molecule has 1 fully saturated rings. The van der Waals surface area contributed by atoms with Gasteiger partial charge in [-0.3, -0.25) is 19.3 Å². The zero-order valence-corrected chi connectivity index (χ0v) is 19.7. The number of benzene rings is 2. The van der Waals surface area contributed by atoms with E-state index in [2.05, 4.69) is 0 Å². The second-order valence-corrected chi connectivity index (χ2v) is 9.98. The van der Waals surface area contributed by atoms with Crippen molar-refractivity contribution in [2.75, 3.05) is 24.9 Å². The number of aromatic hydroxyl groups is 1. The fraction of sp³-hybridized carbons (Fsp3) is 0.308. The van der Waals surface area contributed by atoms with E-state index in [0.29, 0.717) is 37.4 Å². The van der Waals surface area contributed by atoms with Gasteiger partial charge in [-0.05, 0) is 36.1 Å². The largest absolute Gasteiger partial charge is 0.502 e. The summed E-state index contributed by atoms with van der Waals surface area (Å²) >= 11 is 1.65. The Morgan fingerprint density at radius 1 is 1.03 bits per heavy atom.